The normalized spacial score (nSPS) is 13.3. The van der Waals surface area contributed by atoms with Gasteiger partial charge in [-0.05, 0) is 30.9 Å². The minimum atomic E-state index is 0.409. The van der Waals surface area contributed by atoms with Crippen LogP contribution in [0.3, 0.4) is 0 Å². The van der Waals surface area contributed by atoms with Gasteiger partial charge in [-0.2, -0.15) is 10.4 Å². The van der Waals surface area contributed by atoms with Gasteiger partial charge in [-0.1, -0.05) is 31.2 Å². The monoisotopic (exact) mass is 358 g/mol. The Morgan fingerprint density at radius 1 is 1.19 bits per heavy atom. The molecule has 3 aromatic rings. The van der Waals surface area contributed by atoms with Crippen LogP contribution in [-0.2, 0) is 13.0 Å². The Morgan fingerprint density at radius 3 is 2.70 bits per heavy atom. The van der Waals surface area contributed by atoms with E-state index >= 15 is 0 Å². The lowest BCUT2D eigenvalue weighted by molar-refractivity contribution is 0.577. The predicted molar refractivity (Wildman–Crippen MR) is 105 cm³/mol. The van der Waals surface area contributed by atoms with Gasteiger partial charge in [0.25, 0.3) is 0 Å². The van der Waals surface area contributed by atoms with Crippen molar-refractivity contribution < 1.29 is 0 Å². The first-order valence-electron chi connectivity index (χ1n) is 9.41. The second-order valence-electron chi connectivity index (χ2n) is 6.87. The third kappa shape index (κ3) is 3.98. The molecule has 0 bridgehead atoms. The zero-order chi connectivity index (χ0) is 18.6. The van der Waals surface area contributed by atoms with Crippen molar-refractivity contribution >= 4 is 11.6 Å². The number of aryl methyl sites for hydroxylation is 1. The molecule has 6 nitrogen and oxygen atoms in total. The highest BCUT2D eigenvalue weighted by molar-refractivity contribution is 5.60. The van der Waals surface area contributed by atoms with Crippen LogP contribution in [0.25, 0.3) is 11.4 Å². The molecule has 0 saturated heterocycles. The molecule has 0 amide bonds. The molecule has 1 N–H and O–H groups in total. The fourth-order valence-electron chi connectivity index (χ4n) is 3.15. The maximum absolute atomic E-state index is 8.78. The van der Waals surface area contributed by atoms with Crippen LogP contribution in [0.1, 0.15) is 43.4 Å². The summed E-state index contributed by atoms with van der Waals surface area (Å²) in [6.45, 7) is 3.11. The van der Waals surface area contributed by atoms with Crippen molar-refractivity contribution in [1.29, 1.82) is 5.26 Å². The molecule has 0 aliphatic heterocycles. The molecule has 1 saturated carbocycles. The molecule has 27 heavy (non-hydrogen) atoms. The summed E-state index contributed by atoms with van der Waals surface area (Å²) in [5.41, 5.74) is 3.24. The predicted octanol–water partition coefficient (Wildman–Crippen LogP) is 4.44. The molecule has 1 aromatic carbocycles. The Labute approximate surface area is 158 Å². The topological polar surface area (TPSA) is 79.4 Å². The van der Waals surface area contributed by atoms with Crippen molar-refractivity contribution in [2.45, 2.75) is 45.1 Å². The molecule has 4 rings (SSSR count). The second kappa shape index (κ2) is 7.58. The molecule has 0 radical (unpaired) electrons. The molecule has 1 aliphatic rings. The number of hydrogen-bond acceptors (Lipinski definition) is 5. The Hall–Kier alpha value is -3.20. The van der Waals surface area contributed by atoms with Gasteiger partial charge in [0.05, 0.1) is 12.5 Å². The molecule has 2 heterocycles. The van der Waals surface area contributed by atoms with Crippen LogP contribution in [0.15, 0.2) is 42.6 Å². The van der Waals surface area contributed by atoms with E-state index < -0.39 is 0 Å². The van der Waals surface area contributed by atoms with E-state index in [1.165, 1.54) is 18.5 Å². The zero-order valence-corrected chi connectivity index (χ0v) is 15.4. The molecule has 0 atom stereocenters. The Balaban J connectivity index is 1.54. The van der Waals surface area contributed by atoms with Gasteiger partial charge in [-0.15, -0.1) is 0 Å². The van der Waals surface area contributed by atoms with Crippen LogP contribution in [0.2, 0.25) is 0 Å². The summed E-state index contributed by atoms with van der Waals surface area (Å²) in [5.74, 6) is 2.87. The van der Waals surface area contributed by atoms with Gasteiger partial charge < -0.3 is 5.32 Å². The van der Waals surface area contributed by atoms with Crippen molar-refractivity contribution in [3.05, 3.63) is 53.9 Å². The minimum Gasteiger partial charge on any atom is -0.323 e. The van der Waals surface area contributed by atoms with E-state index in [1.807, 2.05) is 30.3 Å². The fourth-order valence-corrected chi connectivity index (χ4v) is 3.15. The molecule has 1 fully saturated rings. The number of aromatic nitrogens is 4. The highest BCUT2D eigenvalue weighted by Crippen LogP contribution is 2.41. The standard InChI is InChI=1S/C21H22N6/c1-2-13-27-18(16-7-8-16)14-20(26-27)24-19-10-12-23-21(25-19)17-5-3-15(4-6-17)9-11-22/h3-6,10,12,14,16H,2,7-9,13H2,1H3,(H,23,24,25,26). The molecular weight excluding hydrogens is 336 g/mol. The highest BCUT2D eigenvalue weighted by atomic mass is 15.3. The second-order valence-corrected chi connectivity index (χ2v) is 6.87. The number of benzene rings is 1. The summed E-state index contributed by atoms with van der Waals surface area (Å²) in [6, 6.07) is 13.9. The summed E-state index contributed by atoms with van der Waals surface area (Å²) in [4.78, 5) is 9.00. The average molecular weight is 358 g/mol. The molecule has 1 aliphatic carbocycles. The lowest BCUT2D eigenvalue weighted by Gasteiger charge is -2.05. The highest BCUT2D eigenvalue weighted by Gasteiger charge is 2.28. The van der Waals surface area contributed by atoms with Gasteiger partial charge in [0.15, 0.2) is 11.6 Å². The molecule has 2 aromatic heterocycles. The van der Waals surface area contributed by atoms with E-state index in [2.05, 4.69) is 39.0 Å². The van der Waals surface area contributed by atoms with Crippen LogP contribution < -0.4 is 5.32 Å². The average Bonchev–Trinajstić information content (AvgIpc) is 3.45. The molecular formula is C21H22N6. The number of nitrogens with one attached hydrogen (secondary N) is 1. The number of rotatable bonds is 7. The SMILES string of the molecule is CCCn1nc(Nc2ccnc(-c3ccc(CC#N)cc3)n2)cc1C1CC1. The van der Waals surface area contributed by atoms with E-state index in [1.54, 1.807) is 6.20 Å². The number of nitriles is 1. The first kappa shape index (κ1) is 17.2. The van der Waals surface area contributed by atoms with Gasteiger partial charge in [0.2, 0.25) is 0 Å². The minimum absolute atomic E-state index is 0.409. The van der Waals surface area contributed by atoms with Crippen molar-refractivity contribution in [1.82, 2.24) is 19.7 Å². The lowest BCUT2D eigenvalue weighted by atomic mass is 10.1. The summed E-state index contributed by atoms with van der Waals surface area (Å²) in [6.07, 6.45) is 5.74. The fraction of sp³-hybridized carbons (Fsp3) is 0.333. The summed E-state index contributed by atoms with van der Waals surface area (Å²) < 4.78 is 2.12. The molecule has 6 heteroatoms. The van der Waals surface area contributed by atoms with Crippen molar-refractivity contribution in [3.63, 3.8) is 0 Å². The van der Waals surface area contributed by atoms with Gasteiger partial charge >= 0.3 is 0 Å². The number of hydrogen-bond donors (Lipinski definition) is 1. The summed E-state index contributed by atoms with van der Waals surface area (Å²) >= 11 is 0. The van der Waals surface area contributed by atoms with E-state index in [9.17, 15) is 0 Å². The Morgan fingerprint density at radius 2 is 2.00 bits per heavy atom. The van der Waals surface area contributed by atoms with Crippen LogP contribution in [0.4, 0.5) is 11.6 Å². The Kier molecular flexibility index (Phi) is 4.84. The summed E-state index contributed by atoms with van der Waals surface area (Å²) in [5, 5.41) is 16.8. The molecule has 0 spiro atoms. The van der Waals surface area contributed by atoms with Gasteiger partial charge in [-0.3, -0.25) is 4.68 Å². The van der Waals surface area contributed by atoms with E-state index in [0.29, 0.717) is 18.2 Å². The van der Waals surface area contributed by atoms with Crippen molar-refractivity contribution in [3.8, 4) is 17.5 Å². The van der Waals surface area contributed by atoms with Crippen LogP contribution in [0.5, 0.6) is 0 Å². The van der Waals surface area contributed by atoms with Crippen LogP contribution in [0, 0.1) is 11.3 Å². The first-order valence-corrected chi connectivity index (χ1v) is 9.41. The van der Waals surface area contributed by atoms with Crippen molar-refractivity contribution in [2.24, 2.45) is 0 Å². The molecule has 0 unspecified atom stereocenters. The smallest absolute Gasteiger partial charge is 0.161 e. The van der Waals surface area contributed by atoms with E-state index in [-0.39, 0.29) is 0 Å². The third-order valence-corrected chi connectivity index (χ3v) is 4.65. The number of nitrogens with zero attached hydrogens (tertiary/aromatic N) is 5. The number of anilines is 2. The maximum atomic E-state index is 8.78. The van der Waals surface area contributed by atoms with Gasteiger partial charge in [-0.25, -0.2) is 9.97 Å². The molecule has 136 valence electrons. The third-order valence-electron chi connectivity index (χ3n) is 4.65. The van der Waals surface area contributed by atoms with Gasteiger partial charge in [0, 0.05) is 36.0 Å². The van der Waals surface area contributed by atoms with E-state index in [4.69, 9.17) is 10.4 Å². The van der Waals surface area contributed by atoms with Crippen LogP contribution in [-0.4, -0.2) is 19.7 Å². The van der Waals surface area contributed by atoms with Gasteiger partial charge in [0.1, 0.15) is 5.82 Å². The first-order chi connectivity index (χ1) is 13.3. The zero-order valence-electron chi connectivity index (χ0n) is 15.4. The Bertz CT molecular complexity index is 963. The lowest BCUT2D eigenvalue weighted by Crippen LogP contribution is -2.04. The summed E-state index contributed by atoms with van der Waals surface area (Å²) in [7, 11) is 0. The maximum Gasteiger partial charge on any atom is 0.161 e. The van der Waals surface area contributed by atoms with Crippen LogP contribution >= 0.6 is 0 Å². The quantitative estimate of drug-likeness (QED) is 0.675. The van der Waals surface area contributed by atoms with Crippen molar-refractivity contribution in [2.75, 3.05) is 5.32 Å². The largest absolute Gasteiger partial charge is 0.323 e. The van der Waals surface area contributed by atoms with E-state index in [0.717, 1.165) is 35.7 Å².